The molecule has 0 aliphatic carbocycles. The number of halogens is 8. The van der Waals surface area contributed by atoms with Crippen molar-refractivity contribution in [2.24, 2.45) is 0 Å². The van der Waals surface area contributed by atoms with Gasteiger partial charge in [-0.05, 0) is 37.8 Å². The first-order valence-electron chi connectivity index (χ1n) is 5.21. The van der Waals surface area contributed by atoms with Crippen molar-refractivity contribution in [1.82, 2.24) is 0 Å². The third-order valence-corrected chi connectivity index (χ3v) is 3.09. The number of rotatable bonds is 3. The molecule has 0 atom stereocenters. The SMILES string of the molecule is FC(F)(F)C(F)(C=C(I)Cc1ccccc1)C(F)(F)F. The van der Waals surface area contributed by atoms with E-state index in [2.05, 4.69) is 0 Å². The summed E-state index contributed by atoms with van der Waals surface area (Å²) >= 11 is 1.27. The molecule has 0 aliphatic heterocycles. The zero-order valence-corrected chi connectivity index (χ0v) is 11.9. The summed E-state index contributed by atoms with van der Waals surface area (Å²) in [5, 5.41) is 0. The lowest BCUT2D eigenvalue weighted by Crippen LogP contribution is -2.51. The zero-order chi connectivity index (χ0) is 15.6. The summed E-state index contributed by atoms with van der Waals surface area (Å²) in [6.07, 6.45) is -12.7. The van der Waals surface area contributed by atoms with Crippen molar-refractivity contribution in [1.29, 1.82) is 0 Å². The van der Waals surface area contributed by atoms with E-state index in [0.29, 0.717) is 5.56 Å². The second kappa shape index (κ2) is 5.90. The van der Waals surface area contributed by atoms with E-state index in [1.807, 2.05) is 0 Å². The van der Waals surface area contributed by atoms with Crippen LogP contribution >= 0.6 is 22.6 Å². The maximum absolute atomic E-state index is 13.4. The fourth-order valence-corrected chi connectivity index (χ4v) is 2.25. The minimum Gasteiger partial charge on any atom is -0.219 e. The number of alkyl halides is 7. The fourth-order valence-electron chi connectivity index (χ4n) is 1.38. The Hall–Kier alpha value is -0.800. The molecular weight excluding hydrogens is 404 g/mol. The fraction of sp³-hybridized carbons (Fsp3) is 0.333. The van der Waals surface area contributed by atoms with Gasteiger partial charge in [0.15, 0.2) is 0 Å². The molecule has 20 heavy (non-hydrogen) atoms. The topological polar surface area (TPSA) is 0 Å². The minimum absolute atomic E-state index is 0.209. The number of benzene rings is 1. The molecule has 0 fully saturated rings. The van der Waals surface area contributed by atoms with Gasteiger partial charge in [-0.2, -0.15) is 26.3 Å². The first-order valence-corrected chi connectivity index (χ1v) is 6.29. The predicted octanol–water partition coefficient (Wildman–Crippen LogP) is 5.38. The Bertz CT molecular complexity index is 459. The van der Waals surface area contributed by atoms with Gasteiger partial charge < -0.3 is 0 Å². The van der Waals surface area contributed by atoms with Gasteiger partial charge in [0.1, 0.15) is 0 Å². The van der Waals surface area contributed by atoms with Crippen LogP contribution in [0.1, 0.15) is 5.56 Å². The van der Waals surface area contributed by atoms with Crippen LogP contribution < -0.4 is 0 Å². The molecule has 0 saturated carbocycles. The second-order valence-corrected chi connectivity index (χ2v) is 5.35. The molecule has 0 amide bonds. The summed E-state index contributed by atoms with van der Waals surface area (Å²) in [5.74, 6) is 0. The molecule has 8 heteroatoms. The van der Waals surface area contributed by atoms with Crippen LogP contribution in [-0.2, 0) is 6.42 Å². The van der Waals surface area contributed by atoms with E-state index in [4.69, 9.17) is 0 Å². The lowest BCUT2D eigenvalue weighted by Gasteiger charge is -2.27. The Balaban J connectivity index is 3.09. The molecule has 0 saturated heterocycles. The van der Waals surface area contributed by atoms with Gasteiger partial charge in [0, 0.05) is 6.42 Å². The quantitative estimate of drug-likeness (QED) is 0.462. The van der Waals surface area contributed by atoms with Gasteiger partial charge in [0.05, 0.1) is 0 Å². The third-order valence-electron chi connectivity index (χ3n) is 2.40. The number of hydrogen-bond acceptors (Lipinski definition) is 0. The monoisotopic (exact) mass is 412 g/mol. The maximum atomic E-state index is 13.4. The van der Waals surface area contributed by atoms with Crippen LogP contribution in [0.15, 0.2) is 40.0 Å². The van der Waals surface area contributed by atoms with Crippen molar-refractivity contribution in [3.63, 3.8) is 0 Å². The molecule has 1 aromatic carbocycles. The smallest absolute Gasteiger partial charge is 0.219 e. The largest absolute Gasteiger partial charge is 0.435 e. The van der Waals surface area contributed by atoms with Crippen molar-refractivity contribution in [2.75, 3.05) is 0 Å². The van der Waals surface area contributed by atoms with E-state index < -0.39 is 24.1 Å². The van der Waals surface area contributed by atoms with E-state index in [0.717, 1.165) is 0 Å². The van der Waals surface area contributed by atoms with Crippen molar-refractivity contribution < 1.29 is 30.7 Å². The van der Waals surface area contributed by atoms with Crippen LogP contribution in [0.2, 0.25) is 0 Å². The van der Waals surface area contributed by atoms with Crippen molar-refractivity contribution in [3.8, 4) is 0 Å². The summed E-state index contributed by atoms with van der Waals surface area (Å²) in [6.45, 7) is 0. The summed E-state index contributed by atoms with van der Waals surface area (Å²) in [4.78, 5) is 0. The molecule has 0 aromatic heterocycles. The zero-order valence-electron chi connectivity index (χ0n) is 9.69. The van der Waals surface area contributed by atoms with Crippen LogP contribution in [0.3, 0.4) is 0 Å². The molecule has 0 bridgehead atoms. The Kier molecular flexibility index (Phi) is 5.09. The van der Waals surface area contributed by atoms with E-state index in [1.165, 1.54) is 34.7 Å². The average molecular weight is 412 g/mol. The summed E-state index contributed by atoms with van der Waals surface area (Å²) in [5.41, 5.74) is -4.86. The third kappa shape index (κ3) is 3.86. The maximum Gasteiger partial charge on any atom is 0.435 e. The summed E-state index contributed by atoms with van der Waals surface area (Å²) in [7, 11) is 0. The van der Waals surface area contributed by atoms with E-state index in [1.54, 1.807) is 18.2 Å². The van der Waals surface area contributed by atoms with Gasteiger partial charge in [0.2, 0.25) is 0 Å². The lowest BCUT2D eigenvalue weighted by molar-refractivity contribution is -0.322. The van der Waals surface area contributed by atoms with Crippen molar-refractivity contribution in [3.05, 3.63) is 45.6 Å². The lowest BCUT2D eigenvalue weighted by atomic mass is 10.0. The van der Waals surface area contributed by atoms with Crippen LogP contribution in [0.25, 0.3) is 0 Å². The van der Waals surface area contributed by atoms with Crippen LogP contribution in [-0.4, -0.2) is 18.0 Å². The average Bonchev–Trinajstić information content (AvgIpc) is 2.26. The second-order valence-electron chi connectivity index (χ2n) is 3.96. The Labute approximate surface area is 123 Å². The molecule has 1 aromatic rings. The molecule has 0 radical (unpaired) electrons. The molecule has 0 unspecified atom stereocenters. The minimum atomic E-state index is -6.06. The van der Waals surface area contributed by atoms with Gasteiger partial charge in [0.25, 0.3) is 0 Å². The molecule has 0 aliphatic rings. The van der Waals surface area contributed by atoms with Crippen molar-refractivity contribution >= 4 is 22.6 Å². The molecule has 0 spiro atoms. The van der Waals surface area contributed by atoms with E-state index in [9.17, 15) is 30.7 Å². The van der Waals surface area contributed by atoms with Crippen LogP contribution in [0, 0.1) is 0 Å². The van der Waals surface area contributed by atoms with Gasteiger partial charge in [-0.3, -0.25) is 0 Å². The molecule has 0 heterocycles. The number of hydrogen-bond donors (Lipinski definition) is 0. The highest BCUT2D eigenvalue weighted by Crippen LogP contribution is 2.48. The van der Waals surface area contributed by atoms with Gasteiger partial charge in [-0.25, -0.2) is 4.39 Å². The number of allylic oxidation sites excluding steroid dienone is 2. The molecule has 1 rings (SSSR count). The van der Waals surface area contributed by atoms with Crippen LogP contribution in [0.5, 0.6) is 0 Å². The highest BCUT2D eigenvalue weighted by molar-refractivity contribution is 14.1. The van der Waals surface area contributed by atoms with Gasteiger partial charge in [-0.1, -0.05) is 30.3 Å². The Morgan fingerprint density at radius 3 is 1.75 bits per heavy atom. The summed E-state index contributed by atoms with van der Waals surface area (Å²) in [6, 6.07) is 7.84. The summed E-state index contributed by atoms with van der Waals surface area (Å²) < 4.78 is 87.2. The van der Waals surface area contributed by atoms with E-state index >= 15 is 0 Å². The van der Waals surface area contributed by atoms with Crippen molar-refractivity contribution in [2.45, 2.75) is 24.4 Å². The normalized spacial score (nSPS) is 14.5. The molecule has 0 N–H and O–H groups in total. The first-order chi connectivity index (χ1) is 8.97. The standard InChI is InChI=1S/C12H8F7I/c13-10(11(14,15)16,12(17,18)19)7-9(20)6-8-4-2-1-3-5-8/h1-5,7H,6H2. The van der Waals surface area contributed by atoms with Crippen LogP contribution in [0.4, 0.5) is 30.7 Å². The van der Waals surface area contributed by atoms with Gasteiger partial charge in [-0.15, -0.1) is 0 Å². The molecular formula is C12H8F7I. The molecule has 0 nitrogen and oxygen atoms in total. The highest BCUT2D eigenvalue weighted by Gasteiger charge is 2.71. The predicted molar refractivity (Wildman–Crippen MR) is 68.2 cm³/mol. The van der Waals surface area contributed by atoms with E-state index in [-0.39, 0.29) is 10.0 Å². The Morgan fingerprint density at radius 2 is 1.35 bits per heavy atom. The Morgan fingerprint density at radius 1 is 0.900 bits per heavy atom. The van der Waals surface area contributed by atoms with Gasteiger partial charge >= 0.3 is 18.0 Å². The highest BCUT2D eigenvalue weighted by atomic mass is 127. The molecule has 112 valence electrons. The first kappa shape index (κ1) is 17.3.